The largest absolute Gasteiger partial charge is 0.392 e. The van der Waals surface area contributed by atoms with Crippen LogP contribution in [-0.4, -0.2) is 17.8 Å². The van der Waals surface area contributed by atoms with E-state index in [1.54, 1.807) is 6.07 Å². The lowest BCUT2D eigenvalue weighted by Gasteiger charge is -2.16. The van der Waals surface area contributed by atoms with Gasteiger partial charge in [0.2, 0.25) is 0 Å². The lowest BCUT2D eigenvalue weighted by Crippen LogP contribution is -2.28. The Bertz CT molecular complexity index is 407. The topological polar surface area (TPSA) is 32.3 Å². The van der Waals surface area contributed by atoms with Gasteiger partial charge < -0.3 is 10.4 Å². The molecule has 1 atom stereocenters. The molecule has 0 spiro atoms. The third kappa shape index (κ3) is 4.86. The van der Waals surface area contributed by atoms with Crippen LogP contribution >= 0.6 is 15.9 Å². The summed E-state index contributed by atoms with van der Waals surface area (Å²) in [6, 6.07) is 4.66. The summed E-state index contributed by atoms with van der Waals surface area (Å²) in [6.07, 6.45) is 5.72. The predicted octanol–water partition coefficient (Wildman–Crippen LogP) is 3.62. The lowest BCUT2D eigenvalue weighted by molar-refractivity contribution is 0.140. The molecule has 1 aliphatic rings. The first-order valence-electron chi connectivity index (χ1n) is 6.98. The third-order valence-corrected chi connectivity index (χ3v) is 4.56. The third-order valence-electron chi connectivity index (χ3n) is 3.78. The van der Waals surface area contributed by atoms with Crippen molar-refractivity contribution in [3.63, 3.8) is 0 Å². The Morgan fingerprint density at radius 3 is 2.84 bits per heavy atom. The minimum absolute atomic E-state index is 0.230. The molecule has 1 aliphatic carbocycles. The summed E-state index contributed by atoms with van der Waals surface area (Å²) in [5, 5.41) is 13.2. The smallest absolute Gasteiger partial charge is 0.123 e. The average molecular weight is 330 g/mol. The maximum Gasteiger partial charge on any atom is 0.123 e. The fourth-order valence-corrected chi connectivity index (χ4v) is 3.15. The number of aliphatic hydroxyl groups is 1. The van der Waals surface area contributed by atoms with Crippen molar-refractivity contribution in [2.24, 2.45) is 5.92 Å². The van der Waals surface area contributed by atoms with E-state index in [4.69, 9.17) is 0 Å². The van der Waals surface area contributed by atoms with Crippen LogP contribution in [0.4, 0.5) is 4.39 Å². The van der Waals surface area contributed by atoms with Crippen molar-refractivity contribution in [2.45, 2.75) is 44.8 Å². The Labute approximate surface area is 122 Å². The van der Waals surface area contributed by atoms with E-state index in [1.807, 2.05) is 0 Å². The van der Waals surface area contributed by atoms with Gasteiger partial charge in [0.05, 0.1) is 6.10 Å². The molecule has 2 N–H and O–H groups in total. The van der Waals surface area contributed by atoms with Crippen molar-refractivity contribution in [3.05, 3.63) is 34.1 Å². The quantitative estimate of drug-likeness (QED) is 0.835. The predicted molar refractivity (Wildman–Crippen MR) is 78.4 cm³/mol. The summed E-state index contributed by atoms with van der Waals surface area (Å²) in [5.74, 6) is 0.462. The summed E-state index contributed by atoms with van der Waals surface area (Å²) in [7, 11) is 0. The van der Waals surface area contributed by atoms with E-state index < -0.39 is 0 Å². The number of hydrogen-bond donors (Lipinski definition) is 2. The zero-order valence-corrected chi connectivity index (χ0v) is 12.6. The molecule has 1 fully saturated rings. The molecule has 0 radical (unpaired) electrons. The highest BCUT2D eigenvalue weighted by Gasteiger charge is 2.18. The molecule has 0 saturated heterocycles. The molecule has 0 aromatic heterocycles. The van der Waals surface area contributed by atoms with Crippen LogP contribution in [0.5, 0.6) is 0 Å². The van der Waals surface area contributed by atoms with E-state index in [2.05, 4.69) is 21.2 Å². The molecule has 0 bridgehead atoms. The molecule has 0 heterocycles. The lowest BCUT2D eigenvalue weighted by atomic mass is 10.00. The summed E-state index contributed by atoms with van der Waals surface area (Å²) in [6.45, 7) is 1.14. The van der Waals surface area contributed by atoms with E-state index in [9.17, 15) is 9.50 Å². The van der Waals surface area contributed by atoms with E-state index in [1.165, 1.54) is 37.8 Å². The first-order valence-corrected chi connectivity index (χ1v) is 7.77. The van der Waals surface area contributed by atoms with Crippen LogP contribution < -0.4 is 5.32 Å². The van der Waals surface area contributed by atoms with Gasteiger partial charge in [0.1, 0.15) is 5.82 Å². The number of benzene rings is 1. The number of aliphatic hydroxyl groups excluding tert-OH is 1. The maximum absolute atomic E-state index is 13.1. The van der Waals surface area contributed by atoms with E-state index >= 15 is 0 Å². The van der Waals surface area contributed by atoms with Gasteiger partial charge >= 0.3 is 0 Å². The molecule has 1 aromatic rings. The van der Waals surface area contributed by atoms with E-state index in [-0.39, 0.29) is 11.9 Å². The normalized spacial score (nSPS) is 17.8. The van der Waals surface area contributed by atoms with Crippen molar-refractivity contribution in [2.75, 3.05) is 6.54 Å². The van der Waals surface area contributed by atoms with Crippen LogP contribution in [0.3, 0.4) is 0 Å². The standard InChI is InChI=1S/C15H21BrFNO/c16-15-6-5-13(17)8-12(15)9-18-10-14(19)7-11-3-1-2-4-11/h5-6,8,11,14,18-19H,1-4,7,9-10H2. The molecular weight excluding hydrogens is 309 g/mol. The van der Waals surface area contributed by atoms with Crippen molar-refractivity contribution >= 4 is 15.9 Å². The molecule has 1 aromatic carbocycles. The molecule has 0 aliphatic heterocycles. The van der Waals surface area contributed by atoms with Gasteiger partial charge in [0.25, 0.3) is 0 Å². The van der Waals surface area contributed by atoms with Crippen LogP contribution in [0.15, 0.2) is 22.7 Å². The molecule has 2 nitrogen and oxygen atoms in total. The van der Waals surface area contributed by atoms with Crippen molar-refractivity contribution < 1.29 is 9.50 Å². The first-order chi connectivity index (χ1) is 9.15. The summed E-state index contributed by atoms with van der Waals surface area (Å²) in [5.41, 5.74) is 0.882. The maximum atomic E-state index is 13.1. The second-order valence-electron chi connectivity index (χ2n) is 5.41. The molecule has 1 saturated carbocycles. The zero-order valence-electron chi connectivity index (χ0n) is 11.0. The summed E-state index contributed by atoms with van der Waals surface area (Å²) in [4.78, 5) is 0. The summed E-state index contributed by atoms with van der Waals surface area (Å²) >= 11 is 3.40. The van der Waals surface area contributed by atoms with Gasteiger partial charge in [-0.25, -0.2) is 4.39 Å². The van der Waals surface area contributed by atoms with Crippen LogP contribution in [0.2, 0.25) is 0 Å². The fraction of sp³-hybridized carbons (Fsp3) is 0.600. The Morgan fingerprint density at radius 1 is 1.37 bits per heavy atom. The highest BCUT2D eigenvalue weighted by molar-refractivity contribution is 9.10. The average Bonchev–Trinajstić information content (AvgIpc) is 2.86. The van der Waals surface area contributed by atoms with Crippen LogP contribution in [0, 0.1) is 11.7 Å². The monoisotopic (exact) mass is 329 g/mol. The van der Waals surface area contributed by atoms with Gasteiger partial charge in [-0.05, 0) is 36.1 Å². The Morgan fingerprint density at radius 2 is 2.11 bits per heavy atom. The first kappa shape index (κ1) is 14.9. The molecule has 0 amide bonds. The van der Waals surface area contributed by atoms with E-state index in [0.29, 0.717) is 19.0 Å². The van der Waals surface area contributed by atoms with Crippen molar-refractivity contribution in [1.29, 1.82) is 0 Å². The van der Waals surface area contributed by atoms with E-state index in [0.717, 1.165) is 16.5 Å². The Kier molecular flexibility index (Phi) is 5.79. The van der Waals surface area contributed by atoms with Crippen molar-refractivity contribution in [1.82, 2.24) is 5.32 Å². The molecule has 19 heavy (non-hydrogen) atoms. The number of halogens is 2. The molecular formula is C15H21BrFNO. The second kappa shape index (κ2) is 7.36. The SMILES string of the molecule is OC(CNCc1cc(F)ccc1Br)CC1CCCC1. The van der Waals surface area contributed by atoms with Gasteiger partial charge in [-0.2, -0.15) is 0 Å². The van der Waals surface area contributed by atoms with Crippen LogP contribution in [-0.2, 0) is 6.54 Å². The van der Waals surface area contributed by atoms with Crippen LogP contribution in [0.25, 0.3) is 0 Å². The minimum atomic E-state index is -0.296. The highest BCUT2D eigenvalue weighted by atomic mass is 79.9. The van der Waals surface area contributed by atoms with Gasteiger partial charge in [0, 0.05) is 17.6 Å². The number of hydrogen-bond acceptors (Lipinski definition) is 2. The Hall–Kier alpha value is -0.450. The van der Waals surface area contributed by atoms with Gasteiger partial charge in [-0.1, -0.05) is 41.6 Å². The van der Waals surface area contributed by atoms with Gasteiger partial charge in [0.15, 0.2) is 0 Å². The number of rotatable bonds is 6. The molecule has 1 unspecified atom stereocenters. The number of nitrogens with one attached hydrogen (secondary N) is 1. The Balaban J connectivity index is 1.71. The molecule has 4 heteroatoms. The molecule has 106 valence electrons. The zero-order chi connectivity index (χ0) is 13.7. The highest BCUT2D eigenvalue weighted by Crippen LogP contribution is 2.28. The second-order valence-corrected chi connectivity index (χ2v) is 6.26. The minimum Gasteiger partial charge on any atom is -0.392 e. The van der Waals surface area contributed by atoms with Crippen LogP contribution in [0.1, 0.15) is 37.7 Å². The van der Waals surface area contributed by atoms with Gasteiger partial charge in [-0.3, -0.25) is 0 Å². The van der Waals surface area contributed by atoms with Gasteiger partial charge in [-0.15, -0.1) is 0 Å². The summed E-state index contributed by atoms with van der Waals surface area (Å²) < 4.78 is 14.0. The fourth-order valence-electron chi connectivity index (χ4n) is 2.77. The molecule has 2 rings (SSSR count). The van der Waals surface area contributed by atoms with Crippen molar-refractivity contribution in [3.8, 4) is 0 Å².